The molecule has 0 saturated carbocycles. The van der Waals surface area contributed by atoms with Gasteiger partial charge in [-0.3, -0.25) is 9.78 Å². The lowest BCUT2D eigenvalue weighted by Gasteiger charge is -2.32. The zero-order valence-corrected chi connectivity index (χ0v) is 16.5. The van der Waals surface area contributed by atoms with Gasteiger partial charge in [-0.2, -0.15) is 0 Å². The summed E-state index contributed by atoms with van der Waals surface area (Å²) in [5, 5.41) is 1.01. The molecule has 0 radical (unpaired) electrons. The van der Waals surface area contributed by atoms with E-state index in [0.717, 1.165) is 42.3 Å². The van der Waals surface area contributed by atoms with Crippen LogP contribution in [0, 0.1) is 0 Å². The summed E-state index contributed by atoms with van der Waals surface area (Å²) in [5.74, 6) is 1.51. The highest BCUT2D eigenvalue weighted by Crippen LogP contribution is 2.28. The Morgan fingerprint density at radius 1 is 0.964 bits per heavy atom. The number of thioether (sulfide) groups is 1. The van der Waals surface area contributed by atoms with E-state index in [9.17, 15) is 4.79 Å². The molecule has 5 heteroatoms. The van der Waals surface area contributed by atoms with Gasteiger partial charge in [0.15, 0.2) is 0 Å². The minimum Gasteiger partial charge on any atom is -0.339 e. The van der Waals surface area contributed by atoms with Gasteiger partial charge in [0.1, 0.15) is 0 Å². The number of rotatable bonds is 5. The number of likely N-dealkylation sites (tertiary alicyclic amines) is 1. The van der Waals surface area contributed by atoms with Gasteiger partial charge in [0.25, 0.3) is 5.91 Å². The highest BCUT2D eigenvalue weighted by molar-refractivity contribution is 7.98. The molecule has 0 atom stereocenters. The van der Waals surface area contributed by atoms with E-state index in [1.165, 1.54) is 11.1 Å². The Bertz CT molecular complexity index is 892. The van der Waals surface area contributed by atoms with E-state index in [-0.39, 0.29) is 5.91 Å². The Morgan fingerprint density at radius 2 is 1.71 bits per heavy atom. The zero-order chi connectivity index (χ0) is 19.2. The first-order valence-electron chi connectivity index (χ1n) is 9.61. The standard InChI is InChI=1S/C23H23N3OS/c27-23(26-15-10-20(11-16-26)19-8-13-24-14-9-19)21-6-4-18(5-7-21)17-28-22-3-1-2-12-25-22/h1-9,12-14,20H,10-11,15-17H2. The van der Waals surface area contributed by atoms with Crippen molar-refractivity contribution in [1.82, 2.24) is 14.9 Å². The number of pyridine rings is 2. The van der Waals surface area contributed by atoms with Crippen molar-refractivity contribution >= 4 is 17.7 Å². The number of hydrogen-bond acceptors (Lipinski definition) is 4. The predicted molar refractivity (Wildman–Crippen MR) is 112 cm³/mol. The van der Waals surface area contributed by atoms with Crippen molar-refractivity contribution in [2.75, 3.05) is 13.1 Å². The summed E-state index contributed by atoms with van der Waals surface area (Å²) < 4.78 is 0. The van der Waals surface area contributed by atoms with Crippen LogP contribution in [0.3, 0.4) is 0 Å². The van der Waals surface area contributed by atoms with Crippen molar-refractivity contribution in [1.29, 1.82) is 0 Å². The molecule has 4 rings (SSSR count). The van der Waals surface area contributed by atoms with E-state index >= 15 is 0 Å². The van der Waals surface area contributed by atoms with Crippen LogP contribution < -0.4 is 0 Å². The Morgan fingerprint density at radius 3 is 2.39 bits per heavy atom. The lowest BCUT2D eigenvalue weighted by molar-refractivity contribution is 0.0713. The van der Waals surface area contributed by atoms with Gasteiger partial charge >= 0.3 is 0 Å². The van der Waals surface area contributed by atoms with Gasteiger partial charge in [-0.1, -0.05) is 18.2 Å². The SMILES string of the molecule is O=C(c1ccc(CSc2ccccn2)cc1)N1CCC(c2ccncc2)CC1. The number of benzene rings is 1. The minimum absolute atomic E-state index is 0.136. The molecule has 4 nitrogen and oxygen atoms in total. The summed E-state index contributed by atoms with van der Waals surface area (Å²) in [4.78, 5) is 23.2. The van der Waals surface area contributed by atoms with Crippen molar-refractivity contribution in [2.45, 2.75) is 29.5 Å². The molecule has 1 aliphatic heterocycles. The largest absolute Gasteiger partial charge is 0.339 e. The Balaban J connectivity index is 1.31. The molecule has 28 heavy (non-hydrogen) atoms. The average Bonchev–Trinajstić information content (AvgIpc) is 2.79. The zero-order valence-electron chi connectivity index (χ0n) is 15.7. The fraction of sp³-hybridized carbons (Fsp3) is 0.261. The van der Waals surface area contributed by atoms with Crippen molar-refractivity contribution in [3.63, 3.8) is 0 Å². The van der Waals surface area contributed by atoms with Gasteiger partial charge in [0.05, 0.1) is 5.03 Å². The Hall–Kier alpha value is -2.66. The quantitative estimate of drug-likeness (QED) is 0.589. The van der Waals surface area contributed by atoms with E-state index < -0.39 is 0 Å². The first kappa shape index (κ1) is 18.7. The average molecular weight is 390 g/mol. The van der Waals surface area contributed by atoms with Crippen LogP contribution >= 0.6 is 11.8 Å². The van der Waals surface area contributed by atoms with Crippen LogP contribution in [-0.4, -0.2) is 33.9 Å². The van der Waals surface area contributed by atoms with Gasteiger partial charge in [0.2, 0.25) is 0 Å². The van der Waals surface area contributed by atoms with Crippen molar-refractivity contribution in [2.24, 2.45) is 0 Å². The fourth-order valence-electron chi connectivity index (χ4n) is 3.57. The maximum absolute atomic E-state index is 12.8. The summed E-state index contributed by atoms with van der Waals surface area (Å²) in [6, 6.07) is 18.1. The third kappa shape index (κ3) is 4.60. The molecular weight excluding hydrogens is 366 g/mol. The van der Waals surface area contributed by atoms with Crippen LogP contribution in [0.1, 0.15) is 40.2 Å². The molecule has 2 aromatic heterocycles. The molecule has 0 bridgehead atoms. The predicted octanol–water partition coefficient (Wildman–Crippen LogP) is 4.79. The van der Waals surface area contributed by atoms with Crippen LogP contribution in [0.4, 0.5) is 0 Å². The van der Waals surface area contributed by atoms with Gasteiger partial charge in [0, 0.05) is 43.0 Å². The number of aromatic nitrogens is 2. The number of nitrogens with zero attached hydrogens (tertiary/aromatic N) is 3. The van der Waals surface area contributed by atoms with Gasteiger partial charge in [-0.05, 0) is 66.3 Å². The molecular formula is C23H23N3OS. The van der Waals surface area contributed by atoms with E-state index in [4.69, 9.17) is 0 Å². The molecule has 0 N–H and O–H groups in total. The summed E-state index contributed by atoms with van der Waals surface area (Å²) >= 11 is 1.70. The van der Waals surface area contributed by atoms with E-state index in [1.54, 1.807) is 11.8 Å². The van der Waals surface area contributed by atoms with Crippen molar-refractivity contribution in [3.8, 4) is 0 Å². The molecule has 1 amide bonds. The fourth-order valence-corrected chi connectivity index (χ4v) is 4.38. The Kier molecular flexibility index (Phi) is 6.02. The summed E-state index contributed by atoms with van der Waals surface area (Å²) in [5.41, 5.74) is 3.30. The van der Waals surface area contributed by atoms with Gasteiger partial charge < -0.3 is 4.90 Å². The van der Waals surface area contributed by atoms with E-state index in [0.29, 0.717) is 5.92 Å². The van der Waals surface area contributed by atoms with E-state index in [1.807, 2.05) is 66.0 Å². The monoisotopic (exact) mass is 389 g/mol. The topological polar surface area (TPSA) is 46.1 Å². The maximum atomic E-state index is 12.8. The van der Waals surface area contributed by atoms with Crippen LogP contribution in [0.2, 0.25) is 0 Å². The molecule has 1 fully saturated rings. The van der Waals surface area contributed by atoms with Crippen molar-refractivity contribution < 1.29 is 4.79 Å². The number of hydrogen-bond donors (Lipinski definition) is 0. The lowest BCUT2D eigenvalue weighted by Crippen LogP contribution is -2.37. The molecule has 1 aliphatic rings. The third-order valence-electron chi connectivity index (χ3n) is 5.19. The Labute approximate surface area is 170 Å². The molecule has 1 saturated heterocycles. The number of carbonyl (C=O) groups excluding carboxylic acids is 1. The van der Waals surface area contributed by atoms with Crippen LogP contribution in [0.5, 0.6) is 0 Å². The first-order chi connectivity index (χ1) is 13.8. The molecule has 142 valence electrons. The van der Waals surface area contributed by atoms with Gasteiger partial charge in [-0.15, -0.1) is 11.8 Å². The minimum atomic E-state index is 0.136. The summed E-state index contributed by atoms with van der Waals surface area (Å²) in [6.45, 7) is 1.62. The highest BCUT2D eigenvalue weighted by atomic mass is 32.2. The van der Waals surface area contributed by atoms with E-state index in [2.05, 4.69) is 22.1 Å². The number of carbonyl (C=O) groups is 1. The van der Waals surface area contributed by atoms with Crippen molar-refractivity contribution in [3.05, 3.63) is 89.9 Å². The molecule has 0 spiro atoms. The molecule has 0 aliphatic carbocycles. The number of amides is 1. The van der Waals surface area contributed by atoms with Crippen LogP contribution in [0.15, 0.2) is 78.2 Å². The maximum Gasteiger partial charge on any atom is 0.253 e. The smallest absolute Gasteiger partial charge is 0.253 e. The summed E-state index contributed by atoms with van der Waals surface area (Å²) in [7, 11) is 0. The molecule has 3 heterocycles. The second-order valence-corrected chi connectivity index (χ2v) is 8.00. The molecule has 1 aromatic carbocycles. The second-order valence-electron chi connectivity index (χ2n) is 7.00. The van der Waals surface area contributed by atoms with Gasteiger partial charge in [-0.25, -0.2) is 4.98 Å². The van der Waals surface area contributed by atoms with Crippen LogP contribution in [-0.2, 0) is 5.75 Å². The first-order valence-corrected chi connectivity index (χ1v) is 10.6. The lowest BCUT2D eigenvalue weighted by atomic mass is 9.90. The molecule has 0 unspecified atom stereocenters. The molecule has 3 aromatic rings. The number of piperidine rings is 1. The second kappa shape index (κ2) is 9.02. The summed E-state index contributed by atoms with van der Waals surface area (Å²) in [6.07, 6.45) is 7.52. The highest BCUT2D eigenvalue weighted by Gasteiger charge is 2.24. The normalized spacial score (nSPS) is 14.8. The van der Waals surface area contributed by atoms with Crippen LogP contribution in [0.25, 0.3) is 0 Å². The third-order valence-corrected chi connectivity index (χ3v) is 6.20.